The molecule has 0 aromatic rings. The molecule has 0 saturated heterocycles. The first-order valence-corrected chi connectivity index (χ1v) is 6.52. The number of carbonyl (C=O) groups excluding carboxylic acids is 1. The van der Waals surface area contributed by atoms with Crippen LogP contribution in [-0.2, 0) is 4.79 Å². The second-order valence-corrected chi connectivity index (χ2v) is 4.61. The highest BCUT2D eigenvalue weighted by atomic mass is 16.4. The largest absolute Gasteiger partial charge is 0.481 e. The first-order valence-electron chi connectivity index (χ1n) is 6.52. The molecule has 0 aromatic carbocycles. The summed E-state index contributed by atoms with van der Waals surface area (Å²) >= 11 is 0. The number of nitrogens with one attached hydrogen (secondary N) is 1. The first-order chi connectivity index (χ1) is 8.65. The zero-order valence-corrected chi connectivity index (χ0v) is 10.7. The second kappa shape index (κ2) is 7.74. The van der Waals surface area contributed by atoms with Crippen LogP contribution in [0, 0.1) is 0 Å². The molecule has 5 heteroatoms. The van der Waals surface area contributed by atoms with Crippen molar-refractivity contribution in [3.8, 4) is 0 Å². The Balaban J connectivity index is 2.08. The van der Waals surface area contributed by atoms with Gasteiger partial charge in [-0.15, -0.1) is 6.58 Å². The predicted molar refractivity (Wildman–Crippen MR) is 69.4 cm³/mol. The van der Waals surface area contributed by atoms with Crippen molar-refractivity contribution in [2.24, 2.45) is 0 Å². The number of rotatable bonds is 9. The minimum Gasteiger partial charge on any atom is -0.481 e. The van der Waals surface area contributed by atoms with Gasteiger partial charge in [-0.3, -0.25) is 4.79 Å². The standard InChI is InChI=1S/C13H22N2O3/c1-2-10-15(11-7-8-11)13(18)14-9-5-3-4-6-12(16)17/h2,11H,1,3-10H2,(H,14,18)(H,16,17). The lowest BCUT2D eigenvalue weighted by atomic mass is 10.2. The van der Waals surface area contributed by atoms with E-state index in [-0.39, 0.29) is 12.5 Å². The number of hydrogen-bond acceptors (Lipinski definition) is 2. The van der Waals surface area contributed by atoms with Crippen molar-refractivity contribution in [1.29, 1.82) is 0 Å². The van der Waals surface area contributed by atoms with E-state index in [0.29, 0.717) is 25.6 Å². The maximum atomic E-state index is 11.8. The Hall–Kier alpha value is -1.52. The van der Waals surface area contributed by atoms with E-state index < -0.39 is 5.97 Å². The van der Waals surface area contributed by atoms with E-state index in [0.717, 1.165) is 25.7 Å². The highest BCUT2D eigenvalue weighted by molar-refractivity contribution is 5.75. The van der Waals surface area contributed by atoms with Crippen LogP contribution in [0.1, 0.15) is 38.5 Å². The van der Waals surface area contributed by atoms with Crippen molar-refractivity contribution in [3.63, 3.8) is 0 Å². The average molecular weight is 254 g/mol. The fourth-order valence-electron chi connectivity index (χ4n) is 1.80. The SMILES string of the molecule is C=CCN(C(=O)NCCCCCC(=O)O)C1CC1. The number of aliphatic carboxylic acids is 1. The molecular formula is C13H22N2O3. The molecule has 0 aliphatic heterocycles. The molecule has 1 aliphatic rings. The van der Waals surface area contributed by atoms with Gasteiger partial charge in [0.05, 0.1) is 0 Å². The summed E-state index contributed by atoms with van der Waals surface area (Å²) < 4.78 is 0. The molecule has 102 valence electrons. The summed E-state index contributed by atoms with van der Waals surface area (Å²) in [6.45, 7) is 4.86. The molecule has 1 aliphatic carbocycles. The summed E-state index contributed by atoms with van der Waals surface area (Å²) in [6, 6.07) is 0.352. The molecule has 0 radical (unpaired) electrons. The van der Waals surface area contributed by atoms with Gasteiger partial charge in [0.15, 0.2) is 0 Å². The maximum absolute atomic E-state index is 11.8. The van der Waals surface area contributed by atoms with Crippen molar-refractivity contribution in [3.05, 3.63) is 12.7 Å². The van der Waals surface area contributed by atoms with Gasteiger partial charge in [-0.1, -0.05) is 12.5 Å². The van der Waals surface area contributed by atoms with Gasteiger partial charge >= 0.3 is 12.0 Å². The van der Waals surface area contributed by atoms with Crippen molar-refractivity contribution in [2.45, 2.75) is 44.6 Å². The Morgan fingerprint density at radius 2 is 2.06 bits per heavy atom. The number of amides is 2. The summed E-state index contributed by atoms with van der Waals surface area (Å²) in [4.78, 5) is 23.9. The number of nitrogens with zero attached hydrogens (tertiary/aromatic N) is 1. The number of urea groups is 1. The van der Waals surface area contributed by atoms with Crippen LogP contribution in [0.2, 0.25) is 0 Å². The summed E-state index contributed by atoms with van der Waals surface area (Å²) in [5.41, 5.74) is 0. The van der Waals surface area contributed by atoms with Gasteiger partial charge < -0.3 is 15.3 Å². The average Bonchev–Trinajstić information content (AvgIpc) is 3.14. The Kier molecular flexibility index (Phi) is 6.25. The zero-order valence-electron chi connectivity index (χ0n) is 10.7. The molecule has 0 atom stereocenters. The molecule has 0 unspecified atom stereocenters. The van der Waals surface area contributed by atoms with Crippen LogP contribution >= 0.6 is 0 Å². The molecule has 0 spiro atoms. The van der Waals surface area contributed by atoms with E-state index >= 15 is 0 Å². The van der Waals surface area contributed by atoms with E-state index in [1.165, 1.54) is 0 Å². The number of carbonyl (C=O) groups is 2. The number of carboxylic acids is 1. The Bertz CT molecular complexity index is 301. The van der Waals surface area contributed by atoms with Gasteiger partial charge in [0.25, 0.3) is 0 Å². The van der Waals surface area contributed by atoms with E-state index in [4.69, 9.17) is 5.11 Å². The summed E-state index contributed by atoms with van der Waals surface area (Å²) in [7, 11) is 0. The monoisotopic (exact) mass is 254 g/mol. The van der Waals surface area contributed by atoms with Crippen LogP contribution in [0.3, 0.4) is 0 Å². The van der Waals surface area contributed by atoms with Crippen molar-refractivity contribution in [1.82, 2.24) is 10.2 Å². The van der Waals surface area contributed by atoms with E-state index in [1.54, 1.807) is 6.08 Å². The van der Waals surface area contributed by atoms with Crippen LogP contribution in [0.5, 0.6) is 0 Å². The van der Waals surface area contributed by atoms with Gasteiger partial charge in [-0.25, -0.2) is 4.79 Å². The molecule has 1 rings (SSSR count). The van der Waals surface area contributed by atoms with Gasteiger partial charge in [0, 0.05) is 25.6 Å². The van der Waals surface area contributed by atoms with E-state index in [2.05, 4.69) is 11.9 Å². The summed E-state index contributed by atoms with van der Waals surface area (Å²) in [5.74, 6) is -0.759. The molecular weight excluding hydrogens is 232 g/mol. The molecule has 2 amide bonds. The van der Waals surface area contributed by atoms with E-state index in [1.807, 2.05) is 4.90 Å². The number of unbranched alkanes of at least 4 members (excludes halogenated alkanes) is 2. The fourth-order valence-corrected chi connectivity index (χ4v) is 1.80. The van der Waals surface area contributed by atoms with Crippen LogP contribution in [0.25, 0.3) is 0 Å². The quantitative estimate of drug-likeness (QED) is 0.488. The number of carboxylic acid groups (broad SMARTS) is 1. The smallest absolute Gasteiger partial charge is 0.317 e. The van der Waals surface area contributed by atoms with Crippen LogP contribution in [0.15, 0.2) is 12.7 Å². The third-order valence-corrected chi connectivity index (χ3v) is 2.92. The Labute approximate surface area is 108 Å². The van der Waals surface area contributed by atoms with Crippen molar-refractivity contribution >= 4 is 12.0 Å². The highest BCUT2D eigenvalue weighted by Crippen LogP contribution is 2.26. The molecule has 0 heterocycles. The topological polar surface area (TPSA) is 69.6 Å². The fraction of sp³-hybridized carbons (Fsp3) is 0.692. The summed E-state index contributed by atoms with van der Waals surface area (Å²) in [5, 5.41) is 11.3. The third-order valence-electron chi connectivity index (χ3n) is 2.92. The van der Waals surface area contributed by atoms with Crippen LogP contribution < -0.4 is 5.32 Å². The highest BCUT2D eigenvalue weighted by Gasteiger charge is 2.31. The second-order valence-electron chi connectivity index (χ2n) is 4.61. The maximum Gasteiger partial charge on any atom is 0.317 e. The van der Waals surface area contributed by atoms with Gasteiger partial charge in [0.2, 0.25) is 0 Å². The molecule has 5 nitrogen and oxygen atoms in total. The lowest BCUT2D eigenvalue weighted by molar-refractivity contribution is -0.137. The van der Waals surface area contributed by atoms with Crippen LogP contribution in [0.4, 0.5) is 4.79 Å². The Morgan fingerprint density at radius 3 is 2.61 bits per heavy atom. The zero-order chi connectivity index (χ0) is 13.4. The first kappa shape index (κ1) is 14.5. The molecule has 1 saturated carbocycles. The predicted octanol–water partition coefficient (Wildman–Crippen LogP) is 1.99. The normalized spacial score (nSPS) is 14.0. The number of hydrogen-bond donors (Lipinski definition) is 2. The third kappa shape index (κ3) is 5.70. The molecule has 0 bridgehead atoms. The molecule has 2 N–H and O–H groups in total. The van der Waals surface area contributed by atoms with Crippen molar-refractivity contribution < 1.29 is 14.7 Å². The Morgan fingerprint density at radius 1 is 1.33 bits per heavy atom. The summed E-state index contributed by atoms with van der Waals surface area (Å²) in [6.07, 6.45) is 6.44. The van der Waals surface area contributed by atoms with E-state index in [9.17, 15) is 9.59 Å². The van der Waals surface area contributed by atoms with Gasteiger partial charge in [-0.05, 0) is 25.7 Å². The molecule has 1 fully saturated rings. The minimum atomic E-state index is -0.759. The molecule has 18 heavy (non-hydrogen) atoms. The molecule has 0 aromatic heterocycles. The van der Waals surface area contributed by atoms with Gasteiger partial charge in [0.1, 0.15) is 0 Å². The van der Waals surface area contributed by atoms with Crippen LogP contribution in [-0.4, -0.2) is 41.1 Å². The lowest BCUT2D eigenvalue weighted by Crippen LogP contribution is -2.41. The van der Waals surface area contributed by atoms with Crippen molar-refractivity contribution in [2.75, 3.05) is 13.1 Å². The lowest BCUT2D eigenvalue weighted by Gasteiger charge is -2.21. The minimum absolute atomic E-state index is 0.0318. The van der Waals surface area contributed by atoms with Gasteiger partial charge in [-0.2, -0.15) is 0 Å².